The van der Waals surface area contributed by atoms with Crippen LogP contribution < -0.4 is 4.72 Å². The minimum absolute atomic E-state index is 0.218. The van der Waals surface area contributed by atoms with E-state index >= 15 is 0 Å². The number of hydrogen-bond acceptors (Lipinski definition) is 3. The molecule has 82 valence electrons. The second kappa shape index (κ2) is 6.80. The van der Waals surface area contributed by atoms with Crippen molar-refractivity contribution in [2.24, 2.45) is 0 Å². The number of hydrogen-bond donors (Lipinski definition) is 1. The van der Waals surface area contributed by atoms with Crippen LogP contribution in [-0.4, -0.2) is 20.2 Å². The Kier molecular flexibility index (Phi) is 6.50. The quantitative estimate of drug-likeness (QED) is 0.657. The average molecular weight is 218 g/mol. The van der Waals surface area contributed by atoms with E-state index < -0.39 is 10.0 Å². The highest BCUT2D eigenvalue weighted by Gasteiger charge is 2.18. The van der Waals surface area contributed by atoms with Gasteiger partial charge in [-0.15, -0.1) is 0 Å². The summed E-state index contributed by atoms with van der Waals surface area (Å²) in [4.78, 5) is 0. The summed E-state index contributed by atoms with van der Waals surface area (Å²) in [7, 11) is -3.21. The number of nitrogens with zero attached hydrogens (tertiary/aromatic N) is 1. The topological polar surface area (TPSA) is 70.0 Å². The summed E-state index contributed by atoms with van der Waals surface area (Å²) < 4.78 is 25.4. The minimum Gasteiger partial charge on any atom is -0.214 e. The van der Waals surface area contributed by atoms with Gasteiger partial charge in [0.1, 0.15) is 0 Å². The highest BCUT2D eigenvalue weighted by Crippen LogP contribution is 2.07. The molecule has 0 aliphatic rings. The van der Waals surface area contributed by atoms with E-state index in [1.807, 2.05) is 13.0 Å². The predicted molar refractivity (Wildman–Crippen MR) is 56.1 cm³/mol. The molecule has 0 radical (unpaired) electrons. The van der Waals surface area contributed by atoms with Crippen LogP contribution >= 0.6 is 0 Å². The minimum atomic E-state index is -3.21. The Bertz CT molecular complexity index is 280. The Balaban J connectivity index is 3.98. The normalized spacial score (nSPS) is 13.5. The maximum absolute atomic E-state index is 11.5. The molecule has 0 spiro atoms. The molecule has 0 saturated carbocycles. The molecule has 1 unspecified atom stereocenters. The third kappa shape index (κ3) is 5.20. The predicted octanol–water partition coefficient (Wildman–Crippen LogP) is 1.40. The lowest BCUT2D eigenvalue weighted by Crippen LogP contribution is -2.33. The first-order valence-electron chi connectivity index (χ1n) is 4.90. The van der Waals surface area contributed by atoms with Gasteiger partial charge in [-0.25, -0.2) is 13.1 Å². The van der Waals surface area contributed by atoms with Gasteiger partial charge in [0.25, 0.3) is 0 Å². The van der Waals surface area contributed by atoms with Gasteiger partial charge in [-0.3, -0.25) is 0 Å². The number of nitriles is 1. The average Bonchev–Trinajstić information content (AvgIpc) is 2.14. The van der Waals surface area contributed by atoms with E-state index in [1.165, 1.54) is 0 Å². The summed E-state index contributed by atoms with van der Waals surface area (Å²) in [6, 6.07) is 1.90. The van der Waals surface area contributed by atoms with Gasteiger partial charge in [0.05, 0.1) is 11.3 Å². The Morgan fingerprint density at radius 1 is 1.50 bits per heavy atom. The molecule has 4 nitrogen and oxygen atoms in total. The molecule has 0 aliphatic heterocycles. The van der Waals surface area contributed by atoms with Gasteiger partial charge in [-0.1, -0.05) is 19.8 Å². The summed E-state index contributed by atoms with van der Waals surface area (Å²) in [6.07, 6.45) is 2.82. The largest absolute Gasteiger partial charge is 0.214 e. The van der Waals surface area contributed by atoms with E-state index in [1.54, 1.807) is 6.92 Å². The third-order valence-electron chi connectivity index (χ3n) is 2.03. The van der Waals surface area contributed by atoms with Crippen molar-refractivity contribution in [3.05, 3.63) is 0 Å². The van der Waals surface area contributed by atoms with Crippen LogP contribution in [0.5, 0.6) is 0 Å². The smallest absolute Gasteiger partial charge is 0.214 e. The monoisotopic (exact) mass is 218 g/mol. The molecule has 0 aromatic heterocycles. The zero-order valence-electron chi connectivity index (χ0n) is 8.78. The Morgan fingerprint density at radius 3 is 2.64 bits per heavy atom. The lowest BCUT2D eigenvalue weighted by atomic mass is 10.2. The summed E-state index contributed by atoms with van der Waals surface area (Å²) in [5.74, 6) is 0. The van der Waals surface area contributed by atoms with Crippen LogP contribution in [0.15, 0.2) is 0 Å². The second-order valence-corrected chi connectivity index (χ2v) is 5.48. The molecule has 14 heavy (non-hydrogen) atoms. The number of sulfonamides is 1. The van der Waals surface area contributed by atoms with Crippen molar-refractivity contribution < 1.29 is 8.42 Å². The maximum Gasteiger partial charge on any atom is 0.214 e. The SMILES string of the molecule is CCCCC(C)S(=O)(=O)NCCC#N. The van der Waals surface area contributed by atoms with Gasteiger partial charge in [0.2, 0.25) is 10.0 Å². The summed E-state index contributed by atoms with van der Waals surface area (Å²) in [5, 5.41) is 7.90. The third-order valence-corrected chi connectivity index (χ3v) is 3.94. The van der Waals surface area contributed by atoms with Gasteiger partial charge in [-0.2, -0.15) is 5.26 Å². The van der Waals surface area contributed by atoms with Crippen molar-refractivity contribution in [1.82, 2.24) is 4.72 Å². The number of rotatable bonds is 7. The van der Waals surface area contributed by atoms with Crippen LogP contribution in [0.3, 0.4) is 0 Å². The molecule has 0 saturated heterocycles. The van der Waals surface area contributed by atoms with Gasteiger partial charge in [0.15, 0.2) is 0 Å². The fourth-order valence-electron chi connectivity index (χ4n) is 1.04. The molecule has 0 aliphatic carbocycles. The molecule has 0 heterocycles. The lowest BCUT2D eigenvalue weighted by molar-refractivity contribution is 0.558. The summed E-state index contributed by atoms with van der Waals surface area (Å²) >= 11 is 0. The number of nitrogens with one attached hydrogen (secondary N) is 1. The zero-order valence-corrected chi connectivity index (χ0v) is 9.60. The van der Waals surface area contributed by atoms with E-state index in [2.05, 4.69) is 4.72 Å². The van der Waals surface area contributed by atoms with E-state index in [9.17, 15) is 8.42 Å². The molecule has 0 rings (SSSR count). The molecule has 0 aromatic rings. The van der Waals surface area contributed by atoms with Crippen LogP contribution in [-0.2, 0) is 10.0 Å². The van der Waals surface area contributed by atoms with Crippen LogP contribution in [0.4, 0.5) is 0 Å². The van der Waals surface area contributed by atoms with Crippen molar-refractivity contribution >= 4 is 10.0 Å². The fraction of sp³-hybridized carbons (Fsp3) is 0.889. The molecular formula is C9H18N2O2S. The Hall–Kier alpha value is -0.600. The standard InChI is InChI=1S/C9H18N2O2S/c1-3-4-6-9(2)14(12,13)11-8-5-7-10/h9,11H,3-6,8H2,1-2H3. The first kappa shape index (κ1) is 13.4. The fourth-order valence-corrected chi connectivity index (χ4v) is 2.19. The Labute approximate surface area is 86.4 Å². The van der Waals surface area contributed by atoms with Gasteiger partial charge < -0.3 is 0 Å². The van der Waals surface area contributed by atoms with Gasteiger partial charge >= 0.3 is 0 Å². The molecular weight excluding hydrogens is 200 g/mol. The lowest BCUT2D eigenvalue weighted by Gasteiger charge is -2.12. The first-order chi connectivity index (χ1) is 6.54. The van der Waals surface area contributed by atoms with Crippen LogP contribution in [0.2, 0.25) is 0 Å². The molecule has 1 N–H and O–H groups in total. The first-order valence-corrected chi connectivity index (χ1v) is 6.44. The van der Waals surface area contributed by atoms with Crippen LogP contribution in [0, 0.1) is 11.3 Å². The van der Waals surface area contributed by atoms with Crippen molar-refractivity contribution in [1.29, 1.82) is 5.26 Å². The van der Waals surface area contributed by atoms with Crippen LogP contribution in [0.25, 0.3) is 0 Å². The Morgan fingerprint density at radius 2 is 2.14 bits per heavy atom. The molecule has 1 atom stereocenters. The zero-order chi connectivity index (χ0) is 11.0. The van der Waals surface area contributed by atoms with Gasteiger partial charge in [0, 0.05) is 13.0 Å². The van der Waals surface area contributed by atoms with Crippen LogP contribution in [0.1, 0.15) is 39.5 Å². The van der Waals surface area contributed by atoms with E-state index in [-0.39, 0.29) is 18.2 Å². The van der Waals surface area contributed by atoms with Crippen molar-refractivity contribution in [2.45, 2.75) is 44.8 Å². The molecule has 5 heteroatoms. The number of unbranched alkanes of at least 4 members (excludes halogenated alkanes) is 1. The maximum atomic E-state index is 11.5. The van der Waals surface area contributed by atoms with E-state index in [4.69, 9.17) is 5.26 Å². The molecule has 0 aromatic carbocycles. The van der Waals surface area contributed by atoms with Crippen molar-refractivity contribution in [3.8, 4) is 6.07 Å². The van der Waals surface area contributed by atoms with Gasteiger partial charge in [-0.05, 0) is 13.3 Å². The van der Waals surface area contributed by atoms with E-state index in [0.717, 1.165) is 12.8 Å². The van der Waals surface area contributed by atoms with Crippen molar-refractivity contribution in [3.63, 3.8) is 0 Å². The molecule has 0 amide bonds. The highest BCUT2D eigenvalue weighted by atomic mass is 32.2. The molecule has 0 bridgehead atoms. The second-order valence-electron chi connectivity index (χ2n) is 3.30. The van der Waals surface area contributed by atoms with Crippen molar-refractivity contribution in [2.75, 3.05) is 6.54 Å². The highest BCUT2D eigenvalue weighted by molar-refractivity contribution is 7.90. The summed E-state index contributed by atoms with van der Waals surface area (Å²) in [6.45, 7) is 3.95. The molecule has 0 fully saturated rings. The van der Waals surface area contributed by atoms with E-state index in [0.29, 0.717) is 6.42 Å². The summed E-state index contributed by atoms with van der Waals surface area (Å²) in [5.41, 5.74) is 0.